The molecular weight excluding hydrogens is 454 g/mol. The second-order valence-electron chi connectivity index (χ2n) is 9.29. The summed E-state index contributed by atoms with van der Waals surface area (Å²) in [6.07, 6.45) is 0. The van der Waals surface area contributed by atoms with Crippen LogP contribution in [0.25, 0.3) is 0 Å². The molecule has 156 valence electrons. The third-order valence-corrected chi connectivity index (χ3v) is 17.7. The van der Waals surface area contributed by atoms with E-state index in [1.54, 1.807) is 4.44 Å². The lowest BCUT2D eigenvalue weighted by molar-refractivity contribution is 0.376. The topological polar surface area (TPSA) is 6.48 Å². The van der Waals surface area contributed by atoms with Crippen molar-refractivity contribution in [2.45, 2.75) is 58.9 Å². The summed E-state index contributed by atoms with van der Waals surface area (Å²) < 4.78 is 73.9. The van der Waals surface area contributed by atoms with Gasteiger partial charge in [-0.1, -0.05) is 70.2 Å². The van der Waals surface area contributed by atoms with E-state index >= 15 is 0 Å². The van der Waals surface area contributed by atoms with Crippen molar-refractivity contribution in [2.24, 2.45) is 0 Å². The van der Waals surface area contributed by atoms with Crippen molar-refractivity contribution in [2.75, 3.05) is 0 Å². The molecule has 0 aliphatic heterocycles. The molecule has 1 atom stereocenters. The van der Waals surface area contributed by atoms with Crippen LogP contribution >= 0.6 is 18.7 Å². The fourth-order valence-corrected chi connectivity index (χ4v) is 24.9. The SMILES string of the molecule is C[Si](C)(C)N(N([Si](C)(C)C)[Si](C)(C)C)[P@](Cl)c1c(F)c(F)c(F)c(F)c1F. The van der Waals surface area contributed by atoms with Crippen molar-refractivity contribution >= 4 is 48.7 Å². The molecule has 0 amide bonds. The monoisotopic (exact) mass is 480 g/mol. The second kappa shape index (κ2) is 8.12. The maximum absolute atomic E-state index is 14.5. The third kappa shape index (κ3) is 5.21. The van der Waals surface area contributed by atoms with E-state index in [2.05, 4.69) is 43.6 Å². The van der Waals surface area contributed by atoms with Crippen molar-refractivity contribution in [3.63, 3.8) is 0 Å². The minimum absolute atomic E-state index is 0.924. The second-order valence-corrected chi connectivity index (χ2v) is 26.7. The molecule has 0 aliphatic rings. The number of nitrogens with zero attached hydrogens (tertiary/aromatic N) is 2. The molecule has 0 N–H and O–H groups in total. The minimum Gasteiger partial charge on any atom is -0.286 e. The fourth-order valence-electron chi connectivity index (χ4n) is 3.07. The molecule has 12 heteroatoms. The molecule has 0 bridgehead atoms. The number of hydrogen-bond donors (Lipinski definition) is 0. The molecule has 0 radical (unpaired) electrons. The maximum atomic E-state index is 14.5. The zero-order valence-corrected chi connectivity index (χ0v) is 21.8. The lowest BCUT2D eigenvalue weighted by atomic mass is 10.3. The zero-order chi connectivity index (χ0) is 21.7. The van der Waals surface area contributed by atoms with E-state index in [-0.39, 0.29) is 0 Å². The quantitative estimate of drug-likeness (QED) is 0.113. The Morgan fingerprint density at radius 1 is 0.593 bits per heavy atom. The van der Waals surface area contributed by atoms with E-state index in [9.17, 15) is 22.0 Å². The molecule has 1 aromatic rings. The van der Waals surface area contributed by atoms with Crippen LogP contribution in [0, 0.1) is 29.1 Å². The number of hydrazine groups is 1. The summed E-state index contributed by atoms with van der Waals surface area (Å²) in [5.41, 5.74) is 0. The number of rotatable bonds is 6. The van der Waals surface area contributed by atoms with Gasteiger partial charge in [-0.05, 0) is 0 Å². The molecule has 0 saturated carbocycles. The number of halogens is 6. The van der Waals surface area contributed by atoms with E-state index in [4.69, 9.17) is 11.2 Å². The van der Waals surface area contributed by atoms with Gasteiger partial charge >= 0.3 is 0 Å². The van der Waals surface area contributed by atoms with E-state index in [1.807, 2.05) is 19.6 Å². The third-order valence-electron chi connectivity index (χ3n) is 3.60. The first-order valence-electron chi connectivity index (χ1n) is 8.41. The molecule has 2 nitrogen and oxygen atoms in total. The van der Waals surface area contributed by atoms with Crippen LogP contribution in [0.3, 0.4) is 0 Å². The molecule has 27 heavy (non-hydrogen) atoms. The van der Waals surface area contributed by atoms with Crippen molar-refractivity contribution in [3.05, 3.63) is 29.1 Å². The van der Waals surface area contributed by atoms with Gasteiger partial charge in [-0.25, -0.2) is 26.4 Å². The largest absolute Gasteiger partial charge is 0.286 e. The van der Waals surface area contributed by atoms with Crippen molar-refractivity contribution < 1.29 is 22.0 Å². The van der Waals surface area contributed by atoms with Crippen LogP contribution in [0.1, 0.15) is 0 Å². The van der Waals surface area contributed by atoms with Gasteiger partial charge in [0.25, 0.3) is 0 Å². The van der Waals surface area contributed by atoms with Gasteiger partial charge in [-0.15, -0.1) is 0 Å². The summed E-state index contributed by atoms with van der Waals surface area (Å²) in [5.74, 6) is -9.77. The molecule has 1 rings (SSSR count). The molecule has 0 unspecified atom stereocenters. The van der Waals surface area contributed by atoms with Crippen molar-refractivity contribution in [1.82, 2.24) is 8.79 Å². The Morgan fingerprint density at radius 3 is 1.15 bits per heavy atom. The normalized spacial score (nSPS) is 15.0. The fraction of sp³-hybridized carbons (Fsp3) is 0.600. The van der Waals surface area contributed by atoms with Gasteiger partial charge in [0.2, 0.25) is 5.82 Å². The standard InChI is InChI=1S/C15H27ClF5N2PSi3/c1-25(2,3)22(23(26(4,5)6)27(7,8)9)24(16)15-13(20)11(18)10(17)12(19)14(15)21/h1-9H3/t24-/m0/s1. The van der Waals surface area contributed by atoms with Gasteiger partial charge in [-0.3, -0.25) is 4.34 Å². The first-order valence-corrected chi connectivity index (χ1v) is 20.9. The molecule has 0 aromatic heterocycles. The van der Waals surface area contributed by atoms with E-state index in [0.717, 1.165) is 0 Å². The average Bonchev–Trinajstić information content (AvgIpc) is 2.44. The summed E-state index contributed by atoms with van der Waals surface area (Å²) >= 11 is 6.56. The molecule has 0 spiro atoms. The zero-order valence-electron chi connectivity index (χ0n) is 17.1. The number of benzene rings is 1. The summed E-state index contributed by atoms with van der Waals surface area (Å²) in [4.78, 5) is 0. The van der Waals surface area contributed by atoms with Crippen molar-refractivity contribution in [3.8, 4) is 0 Å². The molecule has 0 heterocycles. The van der Waals surface area contributed by atoms with Crippen LogP contribution in [-0.2, 0) is 0 Å². The molecule has 0 aliphatic carbocycles. The highest BCUT2D eigenvalue weighted by atomic mass is 35.7. The Balaban J connectivity index is 3.80. The van der Waals surface area contributed by atoms with Crippen LogP contribution in [-0.4, -0.2) is 33.5 Å². The predicted molar refractivity (Wildman–Crippen MR) is 112 cm³/mol. The van der Waals surface area contributed by atoms with Gasteiger partial charge in [0.15, 0.2) is 23.3 Å². The highest BCUT2D eigenvalue weighted by molar-refractivity contribution is 7.89. The van der Waals surface area contributed by atoms with Crippen LogP contribution in [0.4, 0.5) is 22.0 Å². The predicted octanol–water partition coefficient (Wildman–Crippen LogP) is 6.58. The number of hydrogen-bond acceptors (Lipinski definition) is 2. The van der Waals surface area contributed by atoms with Crippen LogP contribution in [0.5, 0.6) is 0 Å². The molecular formula is C15H27ClF5N2PSi3. The van der Waals surface area contributed by atoms with E-state index in [0.29, 0.717) is 0 Å². The van der Waals surface area contributed by atoms with Gasteiger partial charge in [-0.2, -0.15) is 0 Å². The summed E-state index contributed by atoms with van der Waals surface area (Å²) in [6, 6.07) is 0. The first-order chi connectivity index (χ1) is 11.8. The first kappa shape index (κ1) is 25.2. The smallest absolute Gasteiger partial charge is 0.200 e. The minimum atomic E-state index is -2.36. The Hall–Kier alpha value is 0.161. The van der Waals surface area contributed by atoms with E-state index in [1.165, 1.54) is 0 Å². The average molecular weight is 481 g/mol. The molecule has 0 fully saturated rings. The Labute approximate surface area is 167 Å². The molecule has 1 aromatic carbocycles. The van der Waals surface area contributed by atoms with Crippen LogP contribution < -0.4 is 5.30 Å². The van der Waals surface area contributed by atoms with Crippen LogP contribution in [0.15, 0.2) is 0 Å². The lowest BCUT2D eigenvalue weighted by Gasteiger charge is -2.56. The van der Waals surface area contributed by atoms with Gasteiger partial charge in [0.05, 0.1) is 5.30 Å². The Bertz CT molecular complexity index is 676. The van der Waals surface area contributed by atoms with Crippen LogP contribution in [0.2, 0.25) is 58.9 Å². The van der Waals surface area contributed by atoms with Gasteiger partial charge in [0.1, 0.15) is 32.1 Å². The van der Waals surface area contributed by atoms with Gasteiger partial charge < -0.3 is 0 Å². The van der Waals surface area contributed by atoms with Crippen molar-refractivity contribution in [1.29, 1.82) is 0 Å². The lowest BCUT2D eigenvalue weighted by Crippen LogP contribution is -2.70. The summed E-state index contributed by atoms with van der Waals surface area (Å²) in [7, 11) is -8.84. The summed E-state index contributed by atoms with van der Waals surface area (Å²) in [5, 5.41) is -0.924. The maximum Gasteiger partial charge on any atom is 0.200 e. The highest BCUT2D eigenvalue weighted by Crippen LogP contribution is 2.52. The Morgan fingerprint density at radius 2 is 0.889 bits per heavy atom. The Kier molecular flexibility index (Phi) is 7.58. The summed E-state index contributed by atoms with van der Waals surface area (Å²) in [6.45, 7) is 18.3. The van der Waals surface area contributed by atoms with Gasteiger partial charge in [0, 0.05) is 0 Å². The highest BCUT2D eigenvalue weighted by Gasteiger charge is 2.48. The molecule has 0 saturated heterocycles. The van der Waals surface area contributed by atoms with E-state index < -0.39 is 66.5 Å².